The molecule has 2 rings (SSSR count). The molecule has 0 spiro atoms. The van der Waals surface area contributed by atoms with E-state index >= 15 is 0 Å². The maximum Gasteiger partial charge on any atom is 0.330 e. The number of H-pyrrole nitrogens is 1. The minimum absolute atomic E-state index is 0.0191. The zero-order chi connectivity index (χ0) is 15.6. The molecule has 0 aromatic carbocycles. The summed E-state index contributed by atoms with van der Waals surface area (Å²) in [6.07, 6.45) is -0.962. The number of aryl methyl sites for hydroxylation is 1. The second kappa shape index (κ2) is 6.20. The molecule has 2 heterocycles. The van der Waals surface area contributed by atoms with Crippen molar-refractivity contribution in [2.24, 2.45) is 5.73 Å². The topological polar surface area (TPSA) is 148 Å². The van der Waals surface area contributed by atoms with Crippen LogP contribution in [0.1, 0.15) is 24.6 Å². The van der Waals surface area contributed by atoms with E-state index in [1.807, 2.05) is 0 Å². The van der Waals surface area contributed by atoms with Crippen molar-refractivity contribution in [3.63, 3.8) is 0 Å². The average Bonchev–Trinajstić information content (AvgIpc) is 2.78. The van der Waals surface area contributed by atoms with E-state index < -0.39 is 35.6 Å². The molecule has 1 fully saturated rings. The van der Waals surface area contributed by atoms with Gasteiger partial charge in [0.2, 0.25) is 5.91 Å². The number of nitrogens with two attached hydrogens (primary N) is 1. The van der Waals surface area contributed by atoms with Crippen LogP contribution < -0.4 is 17.0 Å². The lowest BCUT2D eigenvalue weighted by Gasteiger charge is -2.15. The Morgan fingerprint density at radius 3 is 2.81 bits per heavy atom. The molecule has 1 aromatic rings. The summed E-state index contributed by atoms with van der Waals surface area (Å²) in [5.74, 6) is -0.556. The van der Waals surface area contributed by atoms with E-state index in [4.69, 9.17) is 15.6 Å². The molecule has 1 aliphatic rings. The first-order chi connectivity index (χ1) is 9.92. The minimum Gasteiger partial charge on any atom is -0.394 e. The molecule has 21 heavy (non-hydrogen) atoms. The highest BCUT2D eigenvalue weighted by Gasteiger charge is 2.35. The van der Waals surface area contributed by atoms with E-state index in [0.29, 0.717) is 0 Å². The van der Waals surface area contributed by atoms with Crippen molar-refractivity contribution in [3.05, 3.63) is 32.6 Å². The fraction of sp³-hybridized carbons (Fsp3) is 0.583. The summed E-state index contributed by atoms with van der Waals surface area (Å²) in [5, 5.41) is 18.7. The van der Waals surface area contributed by atoms with E-state index in [9.17, 15) is 19.5 Å². The van der Waals surface area contributed by atoms with Crippen LogP contribution in [0.2, 0.25) is 0 Å². The maximum atomic E-state index is 11.8. The van der Waals surface area contributed by atoms with E-state index in [1.54, 1.807) is 0 Å². The number of ether oxygens (including phenoxy) is 1. The summed E-state index contributed by atoms with van der Waals surface area (Å²) in [6, 6.07) is 0. The standard InChI is InChI=1S/C12H17N3O6/c13-9(18)2-1-6-4-15(12(20)14-11(6)19)10-3-7(17)8(5-16)21-10/h4,7-8,10,16-17H,1-3,5H2,(H2,13,18)(H,14,19,20)/t7-,8+,10+/m0/s1. The summed E-state index contributed by atoms with van der Waals surface area (Å²) in [7, 11) is 0. The lowest BCUT2D eigenvalue weighted by atomic mass is 10.1. The predicted octanol–water partition coefficient (Wildman–Crippen LogP) is -2.40. The molecule has 0 bridgehead atoms. The Hall–Kier alpha value is -1.97. The van der Waals surface area contributed by atoms with Crippen molar-refractivity contribution < 1.29 is 19.7 Å². The molecule has 1 saturated heterocycles. The average molecular weight is 299 g/mol. The molecule has 1 amide bonds. The second-order valence-electron chi connectivity index (χ2n) is 4.90. The smallest absolute Gasteiger partial charge is 0.330 e. The van der Waals surface area contributed by atoms with Gasteiger partial charge in [0, 0.05) is 24.6 Å². The molecule has 0 aliphatic carbocycles. The number of hydrogen-bond acceptors (Lipinski definition) is 6. The molecule has 5 N–H and O–H groups in total. The van der Waals surface area contributed by atoms with Crippen LogP contribution in [0, 0.1) is 0 Å². The number of amides is 1. The molecule has 0 saturated carbocycles. The highest BCUT2D eigenvalue weighted by atomic mass is 16.5. The van der Waals surface area contributed by atoms with Gasteiger partial charge in [-0.3, -0.25) is 19.1 Å². The monoisotopic (exact) mass is 299 g/mol. The molecular weight excluding hydrogens is 282 g/mol. The second-order valence-corrected chi connectivity index (χ2v) is 4.90. The van der Waals surface area contributed by atoms with Crippen molar-refractivity contribution in [1.29, 1.82) is 0 Å². The van der Waals surface area contributed by atoms with Gasteiger partial charge in [-0.25, -0.2) is 4.79 Å². The molecule has 9 heteroatoms. The van der Waals surface area contributed by atoms with Gasteiger partial charge in [0.25, 0.3) is 5.56 Å². The van der Waals surface area contributed by atoms with Crippen molar-refractivity contribution in [1.82, 2.24) is 9.55 Å². The Balaban J connectivity index is 2.28. The third kappa shape index (κ3) is 3.38. The van der Waals surface area contributed by atoms with Crippen molar-refractivity contribution in [3.8, 4) is 0 Å². The number of aliphatic hydroxyl groups excluding tert-OH is 2. The Labute approximate surface area is 119 Å². The van der Waals surface area contributed by atoms with Crippen molar-refractivity contribution >= 4 is 5.91 Å². The molecule has 9 nitrogen and oxygen atoms in total. The third-order valence-electron chi connectivity index (χ3n) is 3.38. The Bertz CT molecular complexity index is 637. The number of primary amides is 1. The Morgan fingerprint density at radius 2 is 2.24 bits per heavy atom. The highest BCUT2D eigenvalue weighted by Crippen LogP contribution is 2.27. The molecule has 3 atom stereocenters. The van der Waals surface area contributed by atoms with Gasteiger partial charge in [-0.15, -0.1) is 0 Å². The summed E-state index contributed by atoms with van der Waals surface area (Å²) in [4.78, 5) is 36.4. The van der Waals surface area contributed by atoms with Crippen LogP contribution in [0.3, 0.4) is 0 Å². The van der Waals surface area contributed by atoms with Gasteiger partial charge >= 0.3 is 5.69 Å². The quantitative estimate of drug-likeness (QED) is 0.476. The van der Waals surface area contributed by atoms with Crippen LogP contribution in [0.25, 0.3) is 0 Å². The normalized spacial score (nSPS) is 25.1. The fourth-order valence-electron chi connectivity index (χ4n) is 2.23. The number of aromatic nitrogens is 2. The molecule has 1 aliphatic heterocycles. The molecule has 0 radical (unpaired) electrons. The van der Waals surface area contributed by atoms with Crippen LogP contribution in [-0.2, 0) is 16.0 Å². The zero-order valence-electron chi connectivity index (χ0n) is 11.2. The highest BCUT2D eigenvalue weighted by molar-refractivity contribution is 5.73. The van der Waals surface area contributed by atoms with Gasteiger partial charge in [0.1, 0.15) is 12.3 Å². The molecular formula is C12H17N3O6. The van der Waals surface area contributed by atoms with Crippen LogP contribution in [0.15, 0.2) is 15.8 Å². The number of carbonyl (C=O) groups is 1. The molecule has 1 aromatic heterocycles. The van der Waals surface area contributed by atoms with Gasteiger partial charge in [-0.2, -0.15) is 0 Å². The largest absolute Gasteiger partial charge is 0.394 e. The minimum atomic E-state index is -0.895. The van der Waals surface area contributed by atoms with Crippen LogP contribution in [0.5, 0.6) is 0 Å². The van der Waals surface area contributed by atoms with Crippen LogP contribution in [-0.4, -0.2) is 44.5 Å². The van der Waals surface area contributed by atoms with Gasteiger partial charge in [-0.1, -0.05) is 0 Å². The first-order valence-corrected chi connectivity index (χ1v) is 6.49. The first kappa shape index (κ1) is 15.4. The number of rotatable bonds is 5. The van der Waals surface area contributed by atoms with E-state index in [0.717, 1.165) is 4.57 Å². The van der Waals surface area contributed by atoms with Crippen LogP contribution in [0.4, 0.5) is 0 Å². The SMILES string of the molecule is NC(=O)CCc1cn([C@H]2C[C@H](O)[C@@H](CO)O2)c(=O)[nH]c1=O. The van der Waals surface area contributed by atoms with E-state index in [2.05, 4.69) is 4.98 Å². The van der Waals surface area contributed by atoms with Crippen LogP contribution >= 0.6 is 0 Å². The summed E-state index contributed by atoms with van der Waals surface area (Å²) < 4.78 is 6.50. The maximum absolute atomic E-state index is 11.8. The number of nitrogens with one attached hydrogen (secondary N) is 1. The van der Waals surface area contributed by atoms with Crippen molar-refractivity contribution in [2.75, 3.05) is 6.61 Å². The predicted molar refractivity (Wildman–Crippen MR) is 70.5 cm³/mol. The number of aliphatic hydroxyl groups is 2. The number of hydrogen-bond donors (Lipinski definition) is 4. The van der Waals surface area contributed by atoms with E-state index in [-0.39, 0.29) is 31.4 Å². The third-order valence-corrected chi connectivity index (χ3v) is 3.38. The number of aromatic amines is 1. The van der Waals surface area contributed by atoms with Gasteiger partial charge in [0.05, 0.1) is 12.7 Å². The zero-order valence-corrected chi connectivity index (χ0v) is 11.2. The summed E-state index contributed by atoms with van der Waals surface area (Å²) >= 11 is 0. The lowest BCUT2D eigenvalue weighted by molar-refractivity contribution is -0.117. The first-order valence-electron chi connectivity index (χ1n) is 6.49. The Morgan fingerprint density at radius 1 is 1.52 bits per heavy atom. The van der Waals surface area contributed by atoms with E-state index in [1.165, 1.54) is 6.20 Å². The molecule has 116 valence electrons. The Kier molecular flexibility index (Phi) is 4.56. The lowest BCUT2D eigenvalue weighted by Crippen LogP contribution is -2.34. The summed E-state index contributed by atoms with van der Waals surface area (Å²) in [5.41, 5.74) is 3.98. The van der Waals surface area contributed by atoms with Crippen molar-refractivity contribution in [2.45, 2.75) is 37.7 Å². The summed E-state index contributed by atoms with van der Waals surface area (Å²) in [6.45, 7) is -0.371. The van der Waals surface area contributed by atoms with Gasteiger partial charge < -0.3 is 20.7 Å². The number of nitrogens with zero attached hydrogens (tertiary/aromatic N) is 1. The van der Waals surface area contributed by atoms with Gasteiger partial charge in [-0.05, 0) is 6.42 Å². The number of carbonyl (C=O) groups excluding carboxylic acids is 1. The van der Waals surface area contributed by atoms with Gasteiger partial charge in [0.15, 0.2) is 0 Å². The molecule has 0 unspecified atom stereocenters. The fourth-order valence-corrected chi connectivity index (χ4v) is 2.23.